The van der Waals surface area contributed by atoms with Gasteiger partial charge in [0.05, 0.1) is 12.7 Å². The number of carbonyl (C=O) groups excluding carboxylic acids is 2. The third kappa shape index (κ3) is 3.41. The summed E-state index contributed by atoms with van der Waals surface area (Å²) in [7, 11) is 3.19. The Morgan fingerprint density at radius 2 is 1.91 bits per heavy atom. The maximum atomic E-state index is 13.6. The zero-order valence-corrected chi connectivity index (χ0v) is 13.5. The van der Waals surface area contributed by atoms with E-state index in [9.17, 15) is 14.0 Å². The van der Waals surface area contributed by atoms with E-state index in [0.29, 0.717) is 5.56 Å². The number of hydrogen-bond acceptors (Lipinski definition) is 4. The molecule has 0 aliphatic heterocycles. The van der Waals surface area contributed by atoms with Crippen LogP contribution >= 0.6 is 0 Å². The molecule has 1 aromatic carbocycles. The number of benzene rings is 1. The van der Waals surface area contributed by atoms with Crippen LogP contribution in [-0.4, -0.2) is 30.0 Å². The highest BCUT2D eigenvalue weighted by atomic mass is 19.1. The quantitative estimate of drug-likeness (QED) is 0.628. The van der Waals surface area contributed by atoms with Crippen molar-refractivity contribution in [1.29, 1.82) is 0 Å². The van der Waals surface area contributed by atoms with Gasteiger partial charge in [0.25, 0.3) is 0 Å². The normalized spacial score (nSPS) is 10.5. The van der Waals surface area contributed by atoms with E-state index in [1.54, 1.807) is 6.07 Å². The lowest BCUT2D eigenvalue weighted by Crippen LogP contribution is -2.15. The van der Waals surface area contributed by atoms with Gasteiger partial charge in [-0.15, -0.1) is 0 Å². The molecule has 0 saturated carbocycles. The topological polar surface area (TPSA) is 57.5 Å². The van der Waals surface area contributed by atoms with Crippen LogP contribution in [0.5, 0.6) is 5.75 Å². The Morgan fingerprint density at radius 3 is 2.43 bits per heavy atom. The van der Waals surface area contributed by atoms with Crippen molar-refractivity contribution in [2.75, 3.05) is 13.7 Å². The Hall–Kier alpha value is -2.63. The Labute approximate surface area is 133 Å². The first-order valence-electron chi connectivity index (χ1n) is 7.02. The van der Waals surface area contributed by atoms with E-state index in [4.69, 9.17) is 9.47 Å². The SMILES string of the molecule is COc1ccc(C(=O)OCC(=O)c2cc(C)n(C)c2C)cc1F. The highest BCUT2D eigenvalue weighted by Crippen LogP contribution is 2.18. The number of carbonyl (C=O) groups is 2. The maximum absolute atomic E-state index is 13.6. The van der Waals surface area contributed by atoms with E-state index < -0.39 is 18.4 Å². The lowest BCUT2D eigenvalue weighted by molar-refractivity contribution is 0.0474. The Bertz CT molecular complexity index is 764. The fraction of sp³-hybridized carbons (Fsp3) is 0.294. The van der Waals surface area contributed by atoms with E-state index >= 15 is 0 Å². The van der Waals surface area contributed by atoms with E-state index in [2.05, 4.69) is 0 Å². The average molecular weight is 319 g/mol. The number of ketones is 1. The number of ether oxygens (including phenoxy) is 2. The molecule has 0 N–H and O–H groups in total. The van der Waals surface area contributed by atoms with Gasteiger partial charge in [0.1, 0.15) is 0 Å². The summed E-state index contributed by atoms with van der Waals surface area (Å²) >= 11 is 0. The van der Waals surface area contributed by atoms with Gasteiger partial charge in [-0.05, 0) is 38.1 Å². The summed E-state index contributed by atoms with van der Waals surface area (Å²) in [5.41, 5.74) is 2.28. The smallest absolute Gasteiger partial charge is 0.338 e. The summed E-state index contributed by atoms with van der Waals surface area (Å²) in [4.78, 5) is 24.1. The number of rotatable bonds is 5. The first kappa shape index (κ1) is 16.7. The minimum Gasteiger partial charge on any atom is -0.494 e. The number of methoxy groups -OCH3 is 1. The summed E-state index contributed by atoms with van der Waals surface area (Å²) in [5, 5.41) is 0. The largest absolute Gasteiger partial charge is 0.494 e. The summed E-state index contributed by atoms with van der Waals surface area (Å²) in [6.07, 6.45) is 0. The van der Waals surface area contributed by atoms with Gasteiger partial charge in [0, 0.05) is 24.0 Å². The molecule has 0 unspecified atom stereocenters. The second kappa shape index (κ2) is 6.64. The highest BCUT2D eigenvalue weighted by Gasteiger charge is 2.17. The number of nitrogens with zero attached hydrogens (tertiary/aromatic N) is 1. The molecule has 122 valence electrons. The van der Waals surface area contributed by atoms with Gasteiger partial charge in [-0.2, -0.15) is 0 Å². The average Bonchev–Trinajstić information content (AvgIpc) is 2.79. The van der Waals surface area contributed by atoms with E-state index in [0.717, 1.165) is 17.5 Å². The van der Waals surface area contributed by atoms with E-state index in [1.807, 2.05) is 25.5 Å². The molecule has 0 amide bonds. The number of Topliss-reactive ketones (excluding diaryl/α,β-unsaturated/α-hetero) is 1. The van der Waals surface area contributed by atoms with Crippen LogP contribution < -0.4 is 4.74 Å². The fourth-order valence-electron chi connectivity index (χ4n) is 2.22. The molecule has 23 heavy (non-hydrogen) atoms. The van der Waals surface area contributed by atoms with Crippen molar-refractivity contribution >= 4 is 11.8 Å². The zero-order valence-electron chi connectivity index (χ0n) is 13.5. The van der Waals surface area contributed by atoms with Gasteiger partial charge < -0.3 is 14.0 Å². The van der Waals surface area contributed by atoms with Crippen LogP contribution in [0.4, 0.5) is 4.39 Å². The molecule has 0 saturated heterocycles. The Morgan fingerprint density at radius 1 is 1.22 bits per heavy atom. The highest BCUT2D eigenvalue weighted by molar-refractivity contribution is 6.00. The van der Waals surface area contributed by atoms with Crippen LogP contribution in [0.3, 0.4) is 0 Å². The van der Waals surface area contributed by atoms with E-state index in [-0.39, 0.29) is 17.1 Å². The molecule has 6 heteroatoms. The van der Waals surface area contributed by atoms with Crippen LogP contribution in [0, 0.1) is 19.7 Å². The monoisotopic (exact) mass is 319 g/mol. The Kier molecular flexibility index (Phi) is 4.83. The van der Waals surface area contributed by atoms with Crippen LogP contribution in [0.15, 0.2) is 24.3 Å². The third-order valence-electron chi connectivity index (χ3n) is 3.80. The standard InChI is InChI=1S/C17H18FNO4/c1-10-7-13(11(2)19(10)3)15(20)9-23-17(21)12-5-6-16(22-4)14(18)8-12/h5-8H,9H2,1-4H3. The fourth-order valence-corrected chi connectivity index (χ4v) is 2.22. The predicted octanol–water partition coefficient (Wildman–Crippen LogP) is 2.83. The Balaban J connectivity index is 2.05. The van der Waals surface area contributed by atoms with Gasteiger partial charge in [-0.25, -0.2) is 9.18 Å². The molecular formula is C17H18FNO4. The van der Waals surface area contributed by atoms with Crippen molar-refractivity contribution in [1.82, 2.24) is 4.57 Å². The molecule has 0 fully saturated rings. The number of esters is 1. The lowest BCUT2D eigenvalue weighted by Gasteiger charge is -2.06. The minimum absolute atomic E-state index is 0.0251. The van der Waals surface area contributed by atoms with Gasteiger partial charge in [-0.1, -0.05) is 0 Å². The van der Waals surface area contributed by atoms with Crippen molar-refractivity contribution < 1.29 is 23.5 Å². The van der Waals surface area contributed by atoms with Gasteiger partial charge >= 0.3 is 5.97 Å². The molecule has 0 spiro atoms. The summed E-state index contributed by atoms with van der Waals surface area (Å²) in [5.74, 6) is -1.69. The first-order valence-corrected chi connectivity index (χ1v) is 7.02. The first-order chi connectivity index (χ1) is 10.8. The lowest BCUT2D eigenvalue weighted by atomic mass is 10.1. The molecule has 5 nitrogen and oxygen atoms in total. The number of aromatic nitrogens is 1. The molecule has 0 radical (unpaired) electrons. The van der Waals surface area contributed by atoms with Crippen molar-refractivity contribution in [3.05, 3.63) is 52.6 Å². The molecule has 0 aliphatic rings. The van der Waals surface area contributed by atoms with Crippen molar-refractivity contribution in [2.24, 2.45) is 7.05 Å². The predicted molar refractivity (Wildman–Crippen MR) is 82.5 cm³/mol. The van der Waals surface area contributed by atoms with Crippen LogP contribution in [0.25, 0.3) is 0 Å². The second-order valence-electron chi connectivity index (χ2n) is 5.19. The number of aryl methyl sites for hydroxylation is 1. The zero-order chi connectivity index (χ0) is 17.1. The van der Waals surface area contributed by atoms with Crippen LogP contribution in [0.1, 0.15) is 32.1 Å². The molecule has 2 aromatic rings. The minimum atomic E-state index is -0.759. The molecule has 0 aliphatic carbocycles. The number of halogens is 1. The summed E-state index contributed by atoms with van der Waals surface area (Å²) in [6, 6.07) is 5.48. The molecule has 1 heterocycles. The molecule has 1 aromatic heterocycles. The van der Waals surface area contributed by atoms with Crippen molar-refractivity contribution in [2.45, 2.75) is 13.8 Å². The van der Waals surface area contributed by atoms with Crippen LogP contribution in [0.2, 0.25) is 0 Å². The van der Waals surface area contributed by atoms with Gasteiger partial charge in [0.15, 0.2) is 18.2 Å². The molecule has 0 bridgehead atoms. The van der Waals surface area contributed by atoms with E-state index in [1.165, 1.54) is 19.2 Å². The van der Waals surface area contributed by atoms with Crippen molar-refractivity contribution in [3.63, 3.8) is 0 Å². The molecule has 0 atom stereocenters. The van der Waals surface area contributed by atoms with Crippen molar-refractivity contribution in [3.8, 4) is 5.75 Å². The van der Waals surface area contributed by atoms with Crippen LogP contribution in [-0.2, 0) is 11.8 Å². The van der Waals surface area contributed by atoms with Gasteiger partial charge in [-0.3, -0.25) is 4.79 Å². The summed E-state index contributed by atoms with van der Waals surface area (Å²) < 4.78 is 25.2. The third-order valence-corrected chi connectivity index (χ3v) is 3.80. The number of hydrogen-bond donors (Lipinski definition) is 0. The maximum Gasteiger partial charge on any atom is 0.338 e. The second-order valence-corrected chi connectivity index (χ2v) is 5.19. The summed E-state index contributed by atoms with van der Waals surface area (Å²) in [6.45, 7) is 3.31. The molecule has 2 rings (SSSR count). The van der Waals surface area contributed by atoms with Gasteiger partial charge in [0.2, 0.25) is 5.78 Å². The molecular weight excluding hydrogens is 301 g/mol.